The van der Waals surface area contributed by atoms with Crippen molar-refractivity contribution < 1.29 is 14.5 Å². The van der Waals surface area contributed by atoms with Crippen LogP contribution < -0.4 is 10.1 Å². The SMILES string of the molecule is CCCOc1ccc(C(=O)Nc2nc3ccc([N+](=O)[O-])cc3s2)cc1. The van der Waals surface area contributed by atoms with E-state index in [4.69, 9.17) is 4.74 Å². The lowest BCUT2D eigenvalue weighted by molar-refractivity contribution is -0.384. The van der Waals surface area contributed by atoms with Gasteiger partial charge in [-0.1, -0.05) is 18.3 Å². The van der Waals surface area contributed by atoms with Gasteiger partial charge in [-0.2, -0.15) is 0 Å². The molecule has 0 unspecified atom stereocenters. The minimum Gasteiger partial charge on any atom is -0.494 e. The Morgan fingerprint density at radius 3 is 2.72 bits per heavy atom. The van der Waals surface area contributed by atoms with E-state index in [1.807, 2.05) is 6.92 Å². The molecule has 2 aromatic carbocycles. The average molecular weight is 357 g/mol. The van der Waals surface area contributed by atoms with Gasteiger partial charge in [-0.15, -0.1) is 0 Å². The van der Waals surface area contributed by atoms with E-state index in [1.54, 1.807) is 30.3 Å². The van der Waals surface area contributed by atoms with E-state index in [9.17, 15) is 14.9 Å². The molecule has 7 nitrogen and oxygen atoms in total. The quantitative estimate of drug-likeness (QED) is 0.526. The molecule has 0 spiro atoms. The van der Waals surface area contributed by atoms with Crippen molar-refractivity contribution in [3.05, 3.63) is 58.1 Å². The normalized spacial score (nSPS) is 10.6. The fraction of sp³-hybridized carbons (Fsp3) is 0.176. The number of rotatable bonds is 6. The standard InChI is InChI=1S/C17H15N3O4S/c1-2-9-24-13-6-3-11(4-7-13)16(21)19-17-18-14-8-5-12(20(22)23)10-15(14)25-17/h3-8,10H,2,9H2,1H3,(H,18,19,21). The topological polar surface area (TPSA) is 94.4 Å². The number of nitro groups is 1. The number of carbonyl (C=O) groups excluding carboxylic acids is 1. The van der Waals surface area contributed by atoms with Crippen molar-refractivity contribution in [2.24, 2.45) is 0 Å². The maximum Gasteiger partial charge on any atom is 0.270 e. The van der Waals surface area contributed by atoms with Crippen molar-refractivity contribution >= 4 is 38.3 Å². The minimum atomic E-state index is -0.459. The minimum absolute atomic E-state index is 0.00306. The summed E-state index contributed by atoms with van der Waals surface area (Å²) in [5.41, 5.74) is 1.08. The van der Waals surface area contributed by atoms with Crippen LogP contribution in [0.5, 0.6) is 5.75 Å². The maximum atomic E-state index is 12.3. The van der Waals surface area contributed by atoms with Crippen LogP contribution in [0.4, 0.5) is 10.8 Å². The Balaban J connectivity index is 1.74. The summed E-state index contributed by atoms with van der Waals surface area (Å²) in [4.78, 5) is 26.9. The van der Waals surface area contributed by atoms with Crippen molar-refractivity contribution in [3.8, 4) is 5.75 Å². The Morgan fingerprint density at radius 1 is 1.28 bits per heavy atom. The van der Waals surface area contributed by atoms with Crippen LogP contribution in [0, 0.1) is 10.1 Å². The number of non-ortho nitro benzene ring substituents is 1. The number of amides is 1. The molecule has 0 radical (unpaired) electrons. The largest absolute Gasteiger partial charge is 0.494 e. The second-order valence-electron chi connectivity index (χ2n) is 5.26. The number of nitrogens with one attached hydrogen (secondary N) is 1. The van der Waals surface area contributed by atoms with Crippen LogP contribution in [0.25, 0.3) is 10.2 Å². The Hall–Kier alpha value is -3.00. The van der Waals surface area contributed by atoms with Gasteiger partial charge < -0.3 is 4.74 Å². The van der Waals surface area contributed by atoms with Crippen LogP contribution >= 0.6 is 11.3 Å². The third-order valence-corrected chi connectivity index (χ3v) is 4.33. The maximum absolute atomic E-state index is 12.3. The molecule has 8 heteroatoms. The predicted octanol–water partition coefficient (Wildman–Crippen LogP) is 4.25. The highest BCUT2D eigenvalue weighted by Gasteiger charge is 2.13. The van der Waals surface area contributed by atoms with Gasteiger partial charge in [0.15, 0.2) is 5.13 Å². The summed E-state index contributed by atoms with van der Waals surface area (Å²) in [6, 6.07) is 11.3. The Kier molecular flexibility index (Phi) is 4.90. The molecule has 1 aromatic heterocycles. The highest BCUT2D eigenvalue weighted by atomic mass is 32.1. The summed E-state index contributed by atoms with van der Waals surface area (Å²) >= 11 is 1.19. The number of fused-ring (bicyclic) bond motifs is 1. The Labute approximate surface area is 147 Å². The molecule has 1 N–H and O–H groups in total. The average Bonchev–Trinajstić information content (AvgIpc) is 3.01. The summed E-state index contributed by atoms with van der Waals surface area (Å²) in [7, 11) is 0. The second-order valence-corrected chi connectivity index (χ2v) is 6.29. The molecule has 0 saturated heterocycles. The molecule has 0 aliphatic heterocycles. The lowest BCUT2D eigenvalue weighted by Crippen LogP contribution is -2.11. The Bertz CT molecular complexity index is 921. The first kappa shape index (κ1) is 16.8. The van der Waals surface area contributed by atoms with Gasteiger partial charge in [0.25, 0.3) is 11.6 Å². The molecule has 25 heavy (non-hydrogen) atoms. The van der Waals surface area contributed by atoms with Crippen LogP contribution in [0.2, 0.25) is 0 Å². The summed E-state index contributed by atoms with van der Waals surface area (Å²) in [6.07, 6.45) is 0.915. The van der Waals surface area contributed by atoms with Crippen molar-refractivity contribution in [2.45, 2.75) is 13.3 Å². The van der Waals surface area contributed by atoms with Crippen molar-refractivity contribution in [1.82, 2.24) is 4.98 Å². The van der Waals surface area contributed by atoms with Crippen LogP contribution in [-0.2, 0) is 0 Å². The van der Waals surface area contributed by atoms with E-state index in [0.29, 0.717) is 33.3 Å². The summed E-state index contributed by atoms with van der Waals surface area (Å²) < 4.78 is 6.13. The third-order valence-electron chi connectivity index (χ3n) is 3.39. The third kappa shape index (κ3) is 3.92. The molecular weight excluding hydrogens is 342 g/mol. The zero-order valence-corrected chi connectivity index (χ0v) is 14.2. The Morgan fingerprint density at radius 2 is 2.04 bits per heavy atom. The first-order valence-electron chi connectivity index (χ1n) is 7.66. The van der Waals surface area contributed by atoms with Gasteiger partial charge in [0.2, 0.25) is 0 Å². The molecular formula is C17H15N3O4S. The molecule has 1 heterocycles. The number of nitrogens with zero attached hydrogens (tertiary/aromatic N) is 2. The highest BCUT2D eigenvalue weighted by Crippen LogP contribution is 2.29. The van der Waals surface area contributed by atoms with E-state index < -0.39 is 4.92 Å². The fourth-order valence-electron chi connectivity index (χ4n) is 2.17. The number of hydrogen-bond donors (Lipinski definition) is 1. The van der Waals surface area contributed by atoms with Gasteiger partial charge >= 0.3 is 0 Å². The van der Waals surface area contributed by atoms with Crippen LogP contribution in [0.1, 0.15) is 23.7 Å². The molecule has 0 atom stereocenters. The van der Waals surface area contributed by atoms with Crippen molar-refractivity contribution in [3.63, 3.8) is 0 Å². The molecule has 3 rings (SSSR count). The van der Waals surface area contributed by atoms with Gasteiger partial charge in [0.1, 0.15) is 5.75 Å². The van der Waals surface area contributed by atoms with E-state index in [0.717, 1.165) is 6.42 Å². The summed E-state index contributed by atoms with van der Waals surface area (Å²) in [6.45, 7) is 2.65. The van der Waals surface area contributed by atoms with Gasteiger partial charge in [-0.3, -0.25) is 20.2 Å². The van der Waals surface area contributed by atoms with Crippen molar-refractivity contribution in [2.75, 3.05) is 11.9 Å². The fourth-order valence-corrected chi connectivity index (χ4v) is 3.07. The number of hydrogen-bond acceptors (Lipinski definition) is 6. The van der Waals surface area contributed by atoms with Gasteiger partial charge in [0.05, 0.1) is 21.7 Å². The second kappa shape index (κ2) is 7.27. The van der Waals surface area contributed by atoms with Crippen LogP contribution in [0.3, 0.4) is 0 Å². The van der Waals surface area contributed by atoms with E-state index in [-0.39, 0.29) is 11.6 Å². The molecule has 0 fully saturated rings. The molecule has 0 aliphatic rings. The van der Waals surface area contributed by atoms with E-state index in [1.165, 1.54) is 23.5 Å². The first-order chi connectivity index (χ1) is 12.1. The number of thiazole rings is 1. The molecule has 1 amide bonds. The zero-order chi connectivity index (χ0) is 17.8. The smallest absolute Gasteiger partial charge is 0.270 e. The molecule has 0 bridgehead atoms. The first-order valence-corrected chi connectivity index (χ1v) is 8.47. The lowest BCUT2D eigenvalue weighted by Gasteiger charge is -2.05. The van der Waals surface area contributed by atoms with Crippen LogP contribution in [-0.4, -0.2) is 22.4 Å². The van der Waals surface area contributed by atoms with E-state index in [2.05, 4.69) is 10.3 Å². The van der Waals surface area contributed by atoms with E-state index >= 15 is 0 Å². The highest BCUT2D eigenvalue weighted by molar-refractivity contribution is 7.22. The number of nitro benzene ring substituents is 1. The number of ether oxygens (including phenoxy) is 1. The van der Waals surface area contributed by atoms with Crippen molar-refractivity contribution in [1.29, 1.82) is 0 Å². The zero-order valence-electron chi connectivity index (χ0n) is 13.4. The summed E-state index contributed by atoms with van der Waals surface area (Å²) in [5.74, 6) is 0.418. The number of anilines is 1. The van der Waals surface area contributed by atoms with Gasteiger partial charge in [-0.25, -0.2) is 4.98 Å². The lowest BCUT2D eigenvalue weighted by atomic mass is 10.2. The van der Waals surface area contributed by atoms with Crippen LogP contribution in [0.15, 0.2) is 42.5 Å². The number of aromatic nitrogens is 1. The van der Waals surface area contributed by atoms with Gasteiger partial charge in [-0.05, 0) is 36.8 Å². The predicted molar refractivity (Wildman–Crippen MR) is 96.5 cm³/mol. The molecule has 0 aliphatic carbocycles. The van der Waals surface area contributed by atoms with Gasteiger partial charge in [0, 0.05) is 17.7 Å². The molecule has 128 valence electrons. The molecule has 3 aromatic rings. The number of benzene rings is 2. The summed E-state index contributed by atoms with van der Waals surface area (Å²) in [5, 5.41) is 13.9. The monoisotopic (exact) mass is 357 g/mol. The molecule has 0 saturated carbocycles. The number of carbonyl (C=O) groups is 1.